The average Bonchev–Trinajstić information content (AvgIpc) is 2.86. The van der Waals surface area contributed by atoms with Crippen molar-refractivity contribution in [2.45, 2.75) is 26.2 Å². The van der Waals surface area contributed by atoms with E-state index in [1.165, 1.54) is 16.5 Å². The molecule has 3 rings (SSSR count). The molecular weight excluding hydrogens is 284 g/mol. The molecule has 0 unspecified atom stereocenters. The van der Waals surface area contributed by atoms with Crippen LogP contribution in [0.3, 0.4) is 0 Å². The van der Waals surface area contributed by atoms with Gasteiger partial charge in [0.05, 0.1) is 0 Å². The Hall–Kier alpha value is -2.63. The van der Waals surface area contributed by atoms with E-state index in [1.807, 2.05) is 12.3 Å². The number of H-pyrrole nitrogens is 1. The first-order valence-electron chi connectivity index (χ1n) is 7.06. The van der Waals surface area contributed by atoms with Crippen LogP contribution in [-0.2, 0) is 14.4 Å². The normalized spacial score (nSPS) is 14.7. The van der Waals surface area contributed by atoms with Crippen molar-refractivity contribution < 1.29 is 19.5 Å². The van der Waals surface area contributed by atoms with E-state index < -0.39 is 12.5 Å². The van der Waals surface area contributed by atoms with Crippen molar-refractivity contribution in [1.82, 2.24) is 9.88 Å². The van der Waals surface area contributed by atoms with Crippen LogP contribution in [0.2, 0.25) is 0 Å². The lowest BCUT2D eigenvalue weighted by atomic mass is 10.1. The van der Waals surface area contributed by atoms with Gasteiger partial charge in [0.25, 0.3) is 0 Å². The minimum absolute atomic E-state index is 0.277. The fourth-order valence-corrected chi connectivity index (χ4v) is 2.33. The van der Waals surface area contributed by atoms with Gasteiger partial charge in [0.1, 0.15) is 6.54 Å². The van der Waals surface area contributed by atoms with Crippen LogP contribution in [0.1, 0.15) is 24.8 Å². The molecule has 0 saturated carbocycles. The number of likely N-dealkylation sites (tertiary alicyclic amines) is 1. The van der Waals surface area contributed by atoms with E-state index >= 15 is 0 Å². The molecule has 2 aromatic rings. The average molecular weight is 302 g/mol. The fourth-order valence-electron chi connectivity index (χ4n) is 2.33. The van der Waals surface area contributed by atoms with Crippen molar-refractivity contribution in [3.8, 4) is 0 Å². The number of amides is 2. The van der Waals surface area contributed by atoms with Crippen LogP contribution < -0.4 is 0 Å². The van der Waals surface area contributed by atoms with E-state index in [4.69, 9.17) is 5.11 Å². The van der Waals surface area contributed by atoms with E-state index in [2.05, 4.69) is 30.1 Å². The molecule has 0 radical (unpaired) electrons. The minimum atomic E-state index is -1.15. The van der Waals surface area contributed by atoms with Crippen LogP contribution in [0.25, 0.3) is 10.9 Å². The maximum Gasteiger partial charge on any atom is 0.323 e. The summed E-state index contributed by atoms with van der Waals surface area (Å²) in [6.07, 6.45) is 3.12. The van der Waals surface area contributed by atoms with Gasteiger partial charge >= 0.3 is 5.97 Å². The highest BCUT2D eigenvalue weighted by Crippen LogP contribution is 2.15. The van der Waals surface area contributed by atoms with Gasteiger partial charge in [-0.3, -0.25) is 19.3 Å². The SMILES string of the molecule is Cc1c[nH]c2ccccc12.O=C(O)CN1C(=O)CCCC1=O. The molecule has 1 aliphatic heterocycles. The Morgan fingerprint density at radius 3 is 2.45 bits per heavy atom. The Kier molecular flexibility index (Phi) is 4.93. The molecule has 116 valence electrons. The number of fused-ring (bicyclic) bond motifs is 1. The second-order valence-corrected chi connectivity index (χ2v) is 5.14. The molecule has 0 aliphatic carbocycles. The molecule has 1 aromatic carbocycles. The summed E-state index contributed by atoms with van der Waals surface area (Å²) < 4.78 is 0. The lowest BCUT2D eigenvalue weighted by molar-refractivity contribution is -0.154. The quantitative estimate of drug-likeness (QED) is 0.831. The number of aromatic amines is 1. The largest absolute Gasteiger partial charge is 0.480 e. The first-order chi connectivity index (χ1) is 10.5. The first kappa shape index (κ1) is 15.8. The standard InChI is InChI=1S/C9H9N.C7H9NO4/c1-7-6-10-9-5-3-2-4-8(7)9;9-5-2-1-3-6(10)8(5)4-7(11)12/h2-6,10H,1H3;1-4H2,(H,11,12). The number of benzene rings is 1. The number of carboxylic acid groups (broad SMARTS) is 1. The number of aliphatic carboxylic acids is 1. The maximum atomic E-state index is 11.0. The summed E-state index contributed by atoms with van der Waals surface area (Å²) in [6.45, 7) is 1.61. The van der Waals surface area contributed by atoms with Crippen LogP contribution in [0.4, 0.5) is 0 Å². The van der Waals surface area contributed by atoms with Gasteiger partial charge in [-0.2, -0.15) is 0 Å². The van der Waals surface area contributed by atoms with Crippen molar-refractivity contribution in [1.29, 1.82) is 0 Å². The van der Waals surface area contributed by atoms with Crippen LogP contribution in [0.5, 0.6) is 0 Å². The summed E-state index contributed by atoms with van der Waals surface area (Å²) >= 11 is 0. The van der Waals surface area contributed by atoms with Crippen LogP contribution in [0.15, 0.2) is 30.5 Å². The van der Waals surface area contributed by atoms with Crippen LogP contribution in [-0.4, -0.2) is 39.3 Å². The number of aromatic nitrogens is 1. The van der Waals surface area contributed by atoms with Crippen molar-refractivity contribution in [2.75, 3.05) is 6.54 Å². The van der Waals surface area contributed by atoms with Crippen LogP contribution in [0, 0.1) is 6.92 Å². The topological polar surface area (TPSA) is 90.5 Å². The lowest BCUT2D eigenvalue weighted by Crippen LogP contribution is -2.43. The Morgan fingerprint density at radius 2 is 1.86 bits per heavy atom. The molecule has 1 aliphatic rings. The maximum absolute atomic E-state index is 11.0. The van der Waals surface area contributed by atoms with Crippen molar-refractivity contribution in [2.24, 2.45) is 0 Å². The zero-order valence-electron chi connectivity index (χ0n) is 12.3. The number of nitrogens with zero attached hydrogens (tertiary/aromatic N) is 1. The first-order valence-corrected chi connectivity index (χ1v) is 7.06. The van der Waals surface area contributed by atoms with E-state index in [9.17, 15) is 14.4 Å². The molecule has 6 nitrogen and oxygen atoms in total. The number of imide groups is 1. The summed E-state index contributed by atoms with van der Waals surface area (Å²) in [5.41, 5.74) is 2.54. The Balaban J connectivity index is 0.000000162. The third kappa shape index (κ3) is 3.72. The number of rotatable bonds is 2. The molecule has 1 fully saturated rings. The number of carboxylic acids is 1. The number of para-hydroxylation sites is 1. The molecule has 1 aromatic heterocycles. The van der Waals surface area contributed by atoms with Crippen molar-refractivity contribution in [3.05, 3.63) is 36.0 Å². The van der Waals surface area contributed by atoms with Gasteiger partial charge in [-0.1, -0.05) is 18.2 Å². The Bertz CT molecular complexity index is 689. The minimum Gasteiger partial charge on any atom is -0.480 e. The smallest absolute Gasteiger partial charge is 0.323 e. The predicted molar refractivity (Wildman–Crippen MR) is 81.2 cm³/mol. The molecule has 22 heavy (non-hydrogen) atoms. The third-order valence-corrected chi connectivity index (χ3v) is 3.47. The molecule has 2 N–H and O–H groups in total. The highest BCUT2D eigenvalue weighted by molar-refractivity contribution is 5.99. The van der Waals surface area contributed by atoms with Gasteiger partial charge in [0.2, 0.25) is 11.8 Å². The van der Waals surface area contributed by atoms with Gasteiger partial charge in [-0.25, -0.2) is 0 Å². The van der Waals surface area contributed by atoms with E-state index in [1.54, 1.807) is 0 Å². The second-order valence-electron chi connectivity index (χ2n) is 5.14. The number of carbonyl (C=O) groups is 3. The van der Waals surface area contributed by atoms with E-state index in [0.717, 1.165) is 4.90 Å². The number of hydrogen-bond donors (Lipinski definition) is 2. The summed E-state index contributed by atoms with van der Waals surface area (Å²) in [5, 5.41) is 9.68. The molecule has 2 heterocycles. The highest BCUT2D eigenvalue weighted by Gasteiger charge is 2.27. The number of aryl methyl sites for hydroxylation is 1. The number of nitrogens with one attached hydrogen (secondary N) is 1. The van der Waals surface area contributed by atoms with Crippen molar-refractivity contribution >= 4 is 28.7 Å². The van der Waals surface area contributed by atoms with Gasteiger partial charge in [0, 0.05) is 29.9 Å². The zero-order valence-corrected chi connectivity index (χ0v) is 12.3. The Labute approximate surface area is 127 Å². The van der Waals surface area contributed by atoms with Gasteiger partial charge < -0.3 is 10.1 Å². The molecule has 2 amide bonds. The fraction of sp³-hybridized carbons (Fsp3) is 0.312. The van der Waals surface area contributed by atoms with Gasteiger partial charge in [-0.15, -0.1) is 0 Å². The van der Waals surface area contributed by atoms with E-state index in [0.29, 0.717) is 6.42 Å². The molecule has 1 saturated heterocycles. The number of piperidine rings is 1. The molecule has 6 heteroatoms. The number of hydrogen-bond acceptors (Lipinski definition) is 3. The van der Waals surface area contributed by atoms with Crippen LogP contribution >= 0.6 is 0 Å². The second kappa shape index (κ2) is 6.89. The highest BCUT2D eigenvalue weighted by atomic mass is 16.4. The monoisotopic (exact) mass is 302 g/mol. The summed E-state index contributed by atoms with van der Waals surface area (Å²) in [7, 11) is 0. The molecule has 0 spiro atoms. The number of carbonyl (C=O) groups excluding carboxylic acids is 2. The molecule has 0 atom stereocenters. The van der Waals surface area contributed by atoms with Gasteiger partial charge in [0.15, 0.2) is 0 Å². The van der Waals surface area contributed by atoms with E-state index in [-0.39, 0.29) is 24.7 Å². The Morgan fingerprint density at radius 1 is 1.23 bits per heavy atom. The predicted octanol–water partition coefficient (Wildman–Crippen LogP) is 2.09. The van der Waals surface area contributed by atoms with Crippen molar-refractivity contribution in [3.63, 3.8) is 0 Å². The summed E-state index contributed by atoms with van der Waals surface area (Å²) in [6, 6.07) is 8.31. The zero-order chi connectivity index (χ0) is 16.1. The molecule has 0 bridgehead atoms. The summed E-state index contributed by atoms with van der Waals surface area (Å²) in [5.74, 6) is -1.92. The van der Waals surface area contributed by atoms with Gasteiger partial charge in [-0.05, 0) is 25.0 Å². The molecular formula is C16H18N2O4. The third-order valence-electron chi connectivity index (χ3n) is 3.47. The lowest BCUT2D eigenvalue weighted by Gasteiger charge is -2.22. The summed E-state index contributed by atoms with van der Waals surface area (Å²) in [4.78, 5) is 36.2.